The summed E-state index contributed by atoms with van der Waals surface area (Å²) in [5.74, 6) is 0.626. The quantitative estimate of drug-likeness (QED) is 0.738. The fourth-order valence-corrected chi connectivity index (χ4v) is 2.23. The van der Waals surface area contributed by atoms with E-state index in [2.05, 4.69) is 0 Å². The molecule has 5 heteroatoms. The first-order valence-corrected chi connectivity index (χ1v) is 7.75. The fraction of sp³-hybridized carbons (Fsp3) is 0.278. The molecule has 1 N–H and O–H groups in total. The molecule has 2 aromatic rings. The summed E-state index contributed by atoms with van der Waals surface area (Å²) >= 11 is 5.97. The molecule has 0 saturated carbocycles. The second-order valence-corrected chi connectivity index (χ2v) is 5.52. The van der Waals surface area contributed by atoms with E-state index < -0.39 is 5.97 Å². The topological polar surface area (TPSA) is 55.8 Å². The van der Waals surface area contributed by atoms with Gasteiger partial charge in [-0.15, -0.1) is 0 Å². The molecule has 0 heterocycles. The smallest absolute Gasteiger partial charge is 0.303 e. The van der Waals surface area contributed by atoms with Gasteiger partial charge in [-0.2, -0.15) is 0 Å². The van der Waals surface area contributed by atoms with Gasteiger partial charge in [-0.3, -0.25) is 4.79 Å². The number of carbonyl (C=O) groups is 1. The first-order valence-electron chi connectivity index (χ1n) is 7.37. The maximum absolute atomic E-state index is 10.7. The summed E-state index contributed by atoms with van der Waals surface area (Å²) < 4.78 is 11.3. The Bertz CT molecular complexity index is 670. The Kier molecular flexibility index (Phi) is 6.29. The van der Waals surface area contributed by atoms with E-state index in [1.165, 1.54) is 0 Å². The molecular formula is C18H19ClO4. The number of benzene rings is 2. The highest BCUT2D eigenvalue weighted by Crippen LogP contribution is 2.22. The Morgan fingerprint density at radius 1 is 1.13 bits per heavy atom. The number of carboxylic acid groups (broad SMARTS) is 1. The van der Waals surface area contributed by atoms with Gasteiger partial charge >= 0.3 is 5.97 Å². The highest BCUT2D eigenvalue weighted by atomic mass is 35.5. The Balaban J connectivity index is 1.84. The molecule has 0 atom stereocenters. The zero-order valence-electron chi connectivity index (χ0n) is 12.9. The van der Waals surface area contributed by atoms with Gasteiger partial charge < -0.3 is 14.6 Å². The molecule has 0 fully saturated rings. The molecule has 0 saturated heterocycles. The first-order chi connectivity index (χ1) is 11.1. The third-order valence-corrected chi connectivity index (χ3v) is 3.74. The molecular weight excluding hydrogens is 316 g/mol. The molecule has 0 radical (unpaired) electrons. The lowest BCUT2D eigenvalue weighted by molar-refractivity contribution is -0.136. The van der Waals surface area contributed by atoms with E-state index in [1.807, 2.05) is 43.3 Å². The number of hydrogen-bond acceptors (Lipinski definition) is 3. The predicted octanol–water partition coefficient (Wildman–Crippen LogP) is 4.12. The van der Waals surface area contributed by atoms with Gasteiger partial charge in [0.25, 0.3) is 0 Å². The molecule has 2 aromatic carbocycles. The van der Waals surface area contributed by atoms with E-state index in [9.17, 15) is 4.79 Å². The fourth-order valence-electron chi connectivity index (χ4n) is 2.11. The van der Waals surface area contributed by atoms with Crippen LogP contribution in [0.3, 0.4) is 0 Å². The van der Waals surface area contributed by atoms with Gasteiger partial charge in [-0.25, -0.2) is 0 Å². The van der Waals surface area contributed by atoms with E-state index >= 15 is 0 Å². The van der Waals surface area contributed by atoms with Gasteiger partial charge in [0.1, 0.15) is 24.7 Å². The van der Waals surface area contributed by atoms with Crippen molar-refractivity contribution in [2.75, 3.05) is 13.2 Å². The molecule has 0 aliphatic rings. The predicted molar refractivity (Wildman–Crippen MR) is 89.6 cm³/mol. The third kappa shape index (κ3) is 5.49. The van der Waals surface area contributed by atoms with Gasteiger partial charge in [0, 0.05) is 11.4 Å². The number of rotatable bonds is 8. The Morgan fingerprint density at radius 3 is 2.61 bits per heavy atom. The van der Waals surface area contributed by atoms with E-state index in [1.54, 1.807) is 6.07 Å². The standard InChI is InChI=1S/C18H19ClO4/c1-13-12-15(7-8-16(13)19)22-10-11-23-17-5-3-2-4-14(17)6-9-18(20)21/h2-5,7-8,12H,6,9-11H2,1H3,(H,20,21). The largest absolute Gasteiger partial charge is 0.490 e. The summed E-state index contributed by atoms with van der Waals surface area (Å²) in [6.07, 6.45) is 0.531. The van der Waals surface area contributed by atoms with Crippen LogP contribution in [0.5, 0.6) is 11.5 Å². The average molecular weight is 335 g/mol. The first kappa shape index (κ1) is 17.2. The van der Waals surface area contributed by atoms with Crippen LogP contribution in [0.1, 0.15) is 17.5 Å². The molecule has 0 bridgehead atoms. The Hall–Kier alpha value is -2.20. The zero-order valence-corrected chi connectivity index (χ0v) is 13.7. The van der Waals surface area contributed by atoms with Crippen LogP contribution in [0.25, 0.3) is 0 Å². The average Bonchev–Trinajstić information content (AvgIpc) is 2.53. The molecule has 0 spiro atoms. The van der Waals surface area contributed by atoms with Crippen molar-refractivity contribution in [2.45, 2.75) is 19.8 Å². The second kappa shape index (κ2) is 8.44. The van der Waals surface area contributed by atoms with Crippen molar-refractivity contribution in [3.63, 3.8) is 0 Å². The lowest BCUT2D eigenvalue weighted by Gasteiger charge is -2.12. The van der Waals surface area contributed by atoms with Crippen LogP contribution >= 0.6 is 11.6 Å². The third-order valence-electron chi connectivity index (χ3n) is 3.32. The molecule has 4 nitrogen and oxygen atoms in total. The summed E-state index contributed by atoms with van der Waals surface area (Å²) in [6.45, 7) is 2.70. The van der Waals surface area contributed by atoms with Crippen molar-refractivity contribution in [1.29, 1.82) is 0 Å². The van der Waals surface area contributed by atoms with Crippen molar-refractivity contribution < 1.29 is 19.4 Å². The van der Waals surface area contributed by atoms with E-state index in [0.717, 1.165) is 16.9 Å². The molecule has 2 rings (SSSR count). The number of aryl methyl sites for hydroxylation is 2. The van der Waals surface area contributed by atoms with Crippen LogP contribution in [-0.4, -0.2) is 24.3 Å². The SMILES string of the molecule is Cc1cc(OCCOc2ccccc2CCC(=O)O)ccc1Cl. The van der Waals surface area contributed by atoms with E-state index in [4.69, 9.17) is 26.2 Å². The monoisotopic (exact) mass is 334 g/mol. The minimum atomic E-state index is -0.818. The molecule has 0 aliphatic heterocycles. The van der Waals surface area contributed by atoms with Crippen LogP contribution in [0, 0.1) is 6.92 Å². The summed E-state index contributed by atoms with van der Waals surface area (Å²) in [6, 6.07) is 12.9. The number of halogens is 1. The maximum Gasteiger partial charge on any atom is 0.303 e. The highest BCUT2D eigenvalue weighted by Gasteiger charge is 2.06. The number of ether oxygens (including phenoxy) is 2. The van der Waals surface area contributed by atoms with Gasteiger partial charge in [-0.1, -0.05) is 29.8 Å². The number of aliphatic carboxylic acids is 1. The normalized spacial score (nSPS) is 10.3. The lowest BCUT2D eigenvalue weighted by Crippen LogP contribution is -2.10. The van der Waals surface area contributed by atoms with Crippen molar-refractivity contribution >= 4 is 17.6 Å². The number of para-hydroxylation sites is 1. The summed E-state index contributed by atoms with van der Waals surface area (Å²) in [4.78, 5) is 10.7. The number of carboxylic acids is 1. The molecule has 23 heavy (non-hydrogen) atoms. The Labute approximate surface area is 140 Å². The van der Waals surface area contributed by atoms with Crippen LogP contribution in [-0.2, 0) is 11.2 Å². The van der Waals surface area contributed by atoms with Gasteiger partial charge in [0.15, 0.2) is 0 Å². The van der Waals surface area contributed by atoms with Gasteiger partial charge in [0.05, 0.1) is 0 Å². The summed E-state index contributed by atoms with van der Waals surface area (Å²) in [5, 5.41) is 9.49. The molecule has 0 aliphatic carbocycles. The van der Waals surface area contributed by atoms with Crippen molar-refractivity contribution in [3.8, 4) is 11.5 Å². The van der Waals surface area contributed by atoms with E-state index in [-0.39, 0.29) is 6.42 Å². The van der Waals surface area contributed by atoms with E-state index in [0.29, 0.717) is 30.4 Å². The molecule has 0 unspecified atom stereocenters. The lowest BCUT2D eigenvalue weighted by atomic mass is 10.1. The molecule has 122 valence electrons. The van der Waals surface area contributed by atoms with Crippen molar-refractivity contribution in [1.82, 2.24) is 0 Å². The minimum Gasteiger partial charge on any atom is -0.490 e. The van der Waals surface area contributed by atoms with Crippen molar-refractivity contribution in [3.05, 3.63) is 58.6 Å². The molecule has 0 amide bonds. The Morgan fingerprint density at radius 2 is 1.87 bits per heavy atom. The zero-order chi connectivity index (χ0) is 16.7. The van der Waals surface area contributed by atoms with Crippen LogP contribution < -0.4 is 9.47 Å². The molecule has 0 aromatic heterocycles. The summed E-state index contributed by atoms with van der Waals surface area (Å²) in [5.41, 5.74) is 1.85. The second-order valence-electron chi connectivity index (χ2n) is 5.11. The van der Waals surface area contributed by atoms with Crippen LogP contribution in [0.4, 0.5) is 0 Å². The number of hydrogen-bond donors (Lipinski definition) is 1. The van der Waals surface area contributed by atoms with Crippen molar-refractivity contribution in [2.24, 2.45) is 0 Å². The van der Waals surface area contributed by atoms with Crippen LogP contribution in [0.2, 0.25) is 5.02 Å². The van der Waals surface area contributed by atoms with Crippen LogP contribution in [0.15, 0.2) is 42.5 Å². The minimum absolute atomic E-state index is 0.0843. The summed E-state index contributed by atoms with van der Waals surface area (Å²) in [7, 11) is 0. The van der Waals surface area contributed by atoms with Gasteiger partial charge in [-0.05, 0) is 48.7 Å². The van der Waals surface area contributed by atoms with Gasteiger partial charge in [0.2, 0.25) is 0 Å². The maximum atomic E-state index is 10.7. The highest BCUT2D eigenvalue weighted by molar-refractivity contribution is 6.31.